The second kappa shape index (κ2) is 5.76. The number of ether oxygens (including phenoxy) is 3. The Bertz CT molecular complexity index is 459. The molecule has 1 heterocycles. The normalized spacial score (nSPS) is 24.1. The van der Waals surface area contributed by atoms with Crippen LogP contribution < -0.4 is 0 Å². The summed E-state index contributed by atoms with van der Waals surface area (Å²) in [5.41, 5.74) is 1.21. The van der Waals surface area contributed by atoms with E-state index in [0.717, 1.165) is 49.8 Å². The zero-order chi connectivity index (χ0) is 14.1. The number of hydrogen-bond acceptors (Lipinski definition) is 3. The molecule has 3 nitrogen and oxygen atoms in total. The van der Waals surface area contributed by atoms with E-state index >= 15 is 0 Å². The average Bonchev–Trinajstić information content (AvgIpc) is 2.93. The molecular formula is C16H21BrO3. The molecule has 0 amide bonds. The van der Waals surface area contributed by atoms with Gasteiger partial charge < -0.3 is 14.2 Å². The van der Waals surface area contributed by atoms with Crippen molar-refractivity contribution in [2.45, 2.75) is 43.5 Å². The first-order chi connectivity index (χ1) is 9.67. The van der Waals surface area contributed by atoms with Gasteiger partial charge in [0.05, 0.1) is 18.8 Å². The van der Waals surface area contributed by atoms with Crippen LogP contribution in [0.25, 0.3) is 0 Å². The van der Waals surface area contributed by atoms with Crippen LogP contribution >= 0.6 is 15.9 Å². The molecule has 0 unspecified atom stereocenters. The molecule has 3 rings (SSSR count). The first-order valence-corrected chi connectivity index (χ1v) is 8.03. The zero-order valence-corrected chi connectivity index (χ0v) is 13.4. The number of methoxy groups -OCH3 is 1. The fourth-order valence-corrected chi connectivity index (χ4v) is 3.74. The standard InChI is InChI=1S/C16H21BrO3/c1-18-15(12-13-4-2-3-5-14(13)17)6-8-16(9-7-15)19-10-11-20-16/h2-5H,6-12H2,1H3. The van der Waals surface area contributed by atoms with E-state index in [1.54, 1.807) is 0 Å². The molecule has 1 saturated carbocycles. The lowest BCUT2D eigenvalue weighted by Gasteiger charge is -2.43. The van der Waals surface area contributed by atoms with Crippen LogP contribution in [0.3, 0.4) is 0 Å². The Labute approximate surface area is 128 Å². The van der Waals surface area contributed by atoms with E-state index in [2.05, 4.69) is 34.1 Å². The third-order valence-corrected chi connectivity index (χ3v) is 5.41. The third-order valence-electron chi connectivity index (χ3n) is 4.64. The number of halogens is 1. The molecular weight excluding hydrogens is 320 g/mol. The van der Waals surface area contributed by atoms with Crippen molar-refractivity contribution in [2.75, 3.05) is 20.3 Å². The summed E-state index contributed by atoms with van der Waals surface area (Å²) in [6.07, 6.45) is 4.73. The van der Waals surface area contributed by atoms with Crippen molar-refractivity contribution in [1.82, 2.24) is 0 Å². The van der Waals surface area contributed by atoms with Crippen molar-refractivity contribution in [3.05, 3.63) is 34.3 Å². The SMILES string of the molecule is COC1(Cc2ccccc2Br)CCC2(CC1)OCCO2. The summed E-state index contributed by atoms with van der Waals surface area (Å²) >= 11 is 3.63. The van der Waals surface area contributed by atoms with Crippen molar-refractivity contribution >= 4 is 15.9 Å². The summed E-state index contributed by atoms with van der Waals surface area (Å²) in [5.74, 6) is -0.323. The summed E-state index contributed by atoms with van der Waals surface area (Å²) in [5, 5.41) is 0. The molecule has 2 fully saturated rings. The first-order valence-electron chi connectivity index (χ1n) is 7.24. The molecule has 4 heteroatoms. The van der Waals surface area contributed by atoms with E-state index in [1.165, 1.54) is 5.56 Å². The fraction of sp³-hybridized carbons (Fsp3) is 0.625. The van der Waals surface area contributed by atoms with Crippen LogP contribution in [-0.4, -0.2) is 31.7 Å². The Balaban J connectivity index is 1.72. The van der Waals surface area contributed by atoms with Gasteiger partial charge in [0, 0.05) is 30.8 Å². The molecule has 1 saturated heterocycles. The lowest BCUT2D eigenvalue weighted by atomic mass is 9.77. The Hall–Kier alpha value is -0.420. The Morgan fingerprint density at radius 1 is 1.10 bits per heavy atom. The summed E-state index contributed by atoms with van der Waals surface area (Å²) < 4.78 is 18.7. The van der Waals surface area contributed by atoms with Gasteiger partial charge in [-0.05, 0) is 24.5 Å². The van der Waals surface area contributed by atoms with E-state index in [0.29, 0.717) is 0 Å². The van der Waals surface area contributed by atoms with E-state index in [-0.39, 0.29) is 11.4 Å². The number of benzene rings is 1. The molecule has 1 aromatic rings. The van der Waals surface area contributed by atoms with E-state index < -0.39 is 0 Å². The number of hydrogen-bond donors (Lipinski definition) is 0. The molecule has 1 aliphatic heterocycles. The quantitative estimate of drug-likeness (QED) is 0.839. The summed E-state index contributed by atoms with van der Waals surface area (Å²) in [6, 6.07) is 8.38. The maximum absolute atomic E-state index is 5.91. The molecule has 0 atom stereocenters. The fourth-order valence-electron chi connectivity index (χ4n) is 3.31. The van der Waals surface area contributed by atoms with Gasteiger partial charge in [-0.15, -0.1) is 0 Å². The summed E-state index contributed by atoms with van der Waals surface area (Å²) in [4.78, 5) is 0. The third kappa shape index (κ3) is 2.80. The molecule has 0 N–H and O–H groups in total. The predicted octanol–water partition coefficient (Wildman–Crippen LogP) is 3.69. The van der Waals surface area contributed by atoms with Gasteiger partial charge in [-0.3, -0.25) is 0 Å². The molecule has 2 aliphatic rings. The lowest BCUT2D eigenvalue weighted by Crippen LogP contribution is -2.46. The maximum Gasteiger partial charge on any atom is 0.168 e. The Morgan fingerprint density at radius 2 is 1.75 bits per heavy atom. The van der Waals surface area contributed by atoms with Gasteiger partial charge >= 0.3 is 0 Å². The molecule has 0 aromatic heterocycles. The van der Waals surface area contributed by atoms with E-state index in [9.17, 15) is 0 Å². The van der Waals surface area contributed by atoms with Gasteiger partial charge in [-0.25, -0.2) is 0 Å². The monoisotopic (exact) mass is 340 g/mol. The first kappa shape index (κ1) is 14.5. The highest BCUT2D eigenvalue weighted by atomic mass is 79.9. The Morgan fingerprint density at radius 3 is 2.35 bits per heavy atom. The van der Waals surface area contributed by atoms with E-state index in [4.69, 9.17) is 14.2 Å². The second-order valence-corrected chi connectivity index (χ2v) is 6.62. The van der Waals surface area contributed by atoms with Crippen LogP contribution in [0.4, 0.5) is 0 Å². The summed E-state index contributed by atoms with van der Waals surface area (Å²) in [6.45, 7) is 1.45. The van der Waals surface area contributed by atoms with Gasteiger partial charge in [0.2, 0.25) is 0 Å². The number of rotatable bonds is 3. The molecule has 20 heavy (non-hydrogen) atoms. The predicted molar refractivity (Wildman–Crippen MR) is 80.7 cm³/mol. The van der Waals surface area contributed by atoms with Crippen molar-refractivity contribution in [2.24, 2.45) is 0 Å². The average molecular weight is 341 g/mol. The molecule has 1 spiro atoms. The highest BCUT2D eigenvalue weighted by Gasteiger charge is 2.46. The van der Waals surface area contributed by atoms with Gasteiger partial charge in [-0.1, -0.05) is 34.1 Å². The highest BCUT2D eigenvalue weighted by molar-refractivity contribution is 9.10. The van der Waals surface area contributed by atoms with Crippen LogP contribution in [0.5, 0.6) is 0 Å². The minimum atomic E-state index is -0.323. The van der Waals surface area contributed by atoms with Gasteiger partial charge in [0.15, 0.2) is 5.79 Å². The van der Waals surface area contributed by atoms with Gasteiger partial charge in [-0.2, -0.15) is 0 Å². The maximum atomic E-state index is 5.91. The minimum Gasteiger partial charge on any atom is -0.378 e. The molecule has 0 bridgehead atoms. The lowest BCUT2D eigenvalue weighted by molar-refractivity contribution is -0.206. The molecule has 0 radical (unpaired) electrons. The zero-order valence-electron chi connectivity index (χ0n) is 11.9. The smallest absolute Gasteiger partial charge is 0.168 e. The van der Waals surface area contributed by atoms with Crippen LogP contribution in [0.15, 0.2) is 28.7 Å². The highest BCUT2D eigenvalue weighted by Crippen LogP contribution is 2.43. The van der Waals surface area contributed by atoms with Crippen molar-refractivity contribution in [1.29, 1.82) is 0 Å². The van der Waals surface area contributed by atoms with Gasteiger partial charge in [0.25, 0.3) is 0 Å². The largest absolute Gasteiger partial charge is 0.378 e. The Kier molecular flexibility index (Phi) is 4.18. The molecule has 1 aliphatic carbocycles. The van der Waals surface area contributed by atoms with Crippen LogP contribution in [0, 0.1) is 0 Å². The van der Waals surface area contributed by atoms with Gasteiger partial charge in [0.1, 0.15) is 0 Å². The van der Waals surface area contributed by atoms with Crippen LogP contribution in [0.2, 0.25) is 0 Å². The van der Waals surface area contributed by atoms with Crippen LogP contribution in [-0.2, 0) is 20.6 Å². The van der Waals surface area contributed by atoms with Crippen molar-refractivity contribution in [3.63, 3.8) is 0 Å². The van der Waals surface area contributed by atoms with Crippen molar-refractivity contribution < 1.29 is 14.2 Å². The second-order valence-electron chi connectivity index (χ2n) is 5.76. The summed E-state index contributed by atoms with van der Waals surface area (Å²) in [7, 11) is 1.82. The van der Waals surface area contributed by atoms with Crippen molar-refractivity contribution in [3.8, 4) is 0 Å². The van der Waals surface area contributed by atoms with E-state index in [1.807, 2.05) is 13.2 Å². The minimum absolute atomic E-state index is 0.0928. The molecule has 1 aromatic carbocycles. The topological polar surface area (TPSA) is 27.7 Å². The molecule has 110 valence electrons. The van der Waals surface area contributed by atoms with Crippen LogP contribution in [0.1, 0.15) is 31.2 Å².